The number of benzene rings is 1. The fourth-order valence-corrected chi connectivity index (χ4v) is 2.35. The van der Waals surface area contributed by atoms with E-state index in [9.17, 15) is 0 Å². The Morgan fingerprint density at radius 2 is 1.76 bits per heavy atom. The average molecular weight is 291 g/mol. The van der Waals surface area contributed by atoms with Crippen molar-refractivity contribution in [1.82, 2.24) is 5.32 Å². The van der Waals surface area contributed by atoms with Crippen molar-refractivity contribution >= 4 is 0 Å². The molecular formula is C19H33NO. The lowest BCUT2D eigenvalue weighted by Gasteiger charge is -2.13. The second-order valence-corrected chi connectivity index (χ2v) is 5.95. The van der Waals surface area contributed by atoms with Crippen LogP contribution >= 0.6 is 0 Å². The van der Waals surface area contributed by atoms with Gasteiger partial charge in [-0.25, -0.2) is 0 Å². The maximum absolute atomic E-state index is 5.77. The van der Waals surface area contributed by atoms with E-state index in [-0.39, 0.29) is 0 Å². The molecule has 1 unspecified atom stereocenters. The Labute approximate surface area is 131 Å². The minimum atomic E-state index is 0.597. The summed E-state index contributed by atoms with van der Waals surface area (Å²) in [6.45, 7) is 8.67. The van der Waals surface area contributed by atoms with Crippen LogP contribution in [0.5, 0.6) is 5.75 Å². The molecule has 1 rings (SSSR count). The largest absolute Gasteiger partial charge is 0.494 e. The van der Waals surface area contributed by atoms with Gasteiger partial charge in [0.15, 0.2) is 0 Å². The number of nitrogens with one attached hydrogen (secondary N) is 1. The third kappa shape index (κ3) is 8.77. The van der Waals surface area contributed by atoms with Gasteiger partial charge in [0.2, 0.25) is 0 Å². The summed E-state index contributed by atoms with van der Waals surface area (Å²) in [6.07, 6.45) is 8.56. The first-order chi connectivity index (χ1) is 10.3. The highest BCUT2D eigenvalue weighted by atomic mass is 16.5. The predicted molar refractivity (Wildman–Crippen MR) is 92.2 cm³/mol. The predicted octanol–water partition coefficient (Wildman–Crippen LogP) is 4.97. The van der Waals surface area contributed by atoms with E-state index >= 15 is 0 Å². The zero-order chi connectivity index (χ0) is 15.3. The van der Waals surface area contributed by atoms with Crippen molar-refractivity contribution < 1.29 is 4.74 Å². The van der Waals surface area contributed by atoms with Crippen LogP contribution < -0.4 is 10.1 Å². The lowest BCUT2D eigenvalue weighted by molar-refractivity contribution is 0.305. The van der Waals surface area contributed by atoms with Crippen LogP contribution in [0.4, 0.5) is 0 Å². The Morgan fingerprint density at radius 1 is 1.00 bits per heavy atom. The van der Waals surface area contributed by atoms with Crippen LogP contribution in [0.1, 0.15) is 64.9 Å². The van der Waals surface area contributed by atoms with Gasteiger partial charge in [-0.1, -0.05) is 45.2 Å². The highest BCUT2D eigenvalue weighted by molar-refractivity contribution is 5.27. The highest BCUT2D eigenvalue weighted by Crippen LogP contribution is 2.14. The van der Waals surface area contributed by atoms with E-state index < -0.39 is 0 Å². The Balaban J connectivity index is 2.20. The molecule has 0 amide bonds. The van der Waals surface area contributed by atoms with Crippen LogP contribution in [-0.2, 0) is 6.42 Å². The molecule has 0 saturated heterocycles. The molecule has 0 aliphatic heterocycles. The molecule has 2 nitrogen and oxygen atoms in total. The summed E-state index contributed by atoms with van der Waals surface area (Å²) in [7, 11) is 0. The number of hydrogen-bond acceptors (Lipinski definition) is 2. The first kappa shape index (κ1) is 18.0. The Kier molecular flexibility index (Phi) is 9.98. The zero-order valence-corrected chi connectivity index (χ0v) is 14.2. The molecule has 0 aliphatic carbocycles. The molecule has 0 bridgehead atoms. The molecule has 0 heterocycles. The molecule has 21 heavy (non-hydrogen) atoms. The van der Waals surface area contributed by atoms with Gasteiger partial charge in [-0.05, 0) is 56.8 Å². The number of rotatable bonds is 12. The van der Waals surface area contributed by atoms with Crippen molar-refractivity contribution in [3.63, 3.8) is 0 Å². The standard InChI is InChI=1S/C19H33NO/c1-4-6-7-8-16-21-19-13-11-18(12-14-19)10-9-17(3)20-15-5-2/h11-14,17,20H,4-10,15-16H2,1-3H3. The molecule has 1 atom stereocenters. The average Bonchev–Trinajstić information content (AvgIpc) is 2.52. The van der Waals surface area contributed by atoms with Crippen molar-refractivity contribution in [1.29, 1.82) is 0 Å². The first-order valence-electron chi connectivity index (χ1n) is 8.71. The van der Waals surface area contributed by atoms with Crippen molar-refractivity contribution in [2.24, 2.45) is 0 Å². The molecule has 1 aromatic carbocycles. The van der Waals surface area contributed by atoms with E-state index in [4.69, 9.17) is 4.74 Å². The van der Waals surface area contributed by atoms with E-state index in [1.165, 1.54) is 37.7 Å². The SMILES string of the molecule is CCCCCCOc1ccc(CCC(C)NCCC)cc1. The van der Waals surface area contributed by atoms with Gasteiger partial charge in [-0.2, -0.15) is 0 Å². The minimum absolute atomic E-state index is 0.597. The summed E-state index contributed by atoms with van der Waals surface area (Å²) in [5, 5.41) is 3.53. The van der Waals surface area contributed by atoms with Gasteiger partial charge in [-0.3, -0.25) is 0 Å². The van der Waals surface area contributed by atoms with Crippen LogP contribution in [0.3, 0.4) is 0 Å². The molecule has 0 spiro atoms. The smallest absolute Gasteiger partial charge is 0.119 e. The fourth-order valence-electron chi connectivity index (χ4n) is 2.35. The lowest BCUT2D eigenvalue weighted by atomic mass is 10.1. The fraction of sp³-hybridized carbons (Fsp3) is 0.684. The number of aryl methyl sites for hydroxylation is 1. The third-order valence-electron chi connectivity index (χ3n) is 3.80. The molecule has 2 heteroatoms. The van der Waals surface area contributed by atoms with Gasteiger partial charge in [0.05, 0.1) is 6.61 Å². The molecular weight excluding hydrogens is 258 g/mol. The Hall–Kier alpha value is -1.02. The Morgan fingerprint density at radius 3 is 2.43 bits per heavy atom. The van der Waals surface area contributed by atoms with Gasteiger partial charge in [0.1, 0.15) is 5.75 Å². The van der Waals surface area contributed by atoms with Gasteiger partial charge < -0.3 is 10.1 Å². The Bertz CT molecular complexity index is 347. The summed E-state index contributed by atoms with van der Waals surface area (Å²) < 4.78 is 5.77. The monoisotopic (exact) mass is 291 g/mol. The zero-order valence-electron chi connectivity index (χ0n) is 14.2. The van der Waals surface area contributed by atoms with Crippen LogP contribution in [-0.4, -0.2) is 19.2 Å². The highest BCUT2D eigenvalue weighted by Gasteiger charge is 2.02. The molecule has 0 saturated carbocycles. The molecule has 1 N–H and O–H groups in total. The van der Waals surface area contributed by atoms with Crippen molar-refractivity contribution in [2.75, 3.05) is 13.2 Å². The van der Waals surface area contributed by atoms with Crippen molar-refractivity contribution in [3.05, 3.63) is 29.8 Å². The van der Waals surface area contributed by atoms with Crippen LogP contribution in [0.25, 0.3) is 0 Å². The molecule has 0 fully saturated rings. The van der Waals surface area contributed by atoms with Crippen molar-refractivity contribution in [3.8, 4) is 5.75 Å². The number of ether oxygens (including phenoxy) is 1. The number of unbranched alkanes of at least 4 members (excludes halogenated alkanes) is 3. The van der Waals surface area contributed by atoms with E-state index in [1.807, 2.05) is 0 Å². The summed E-state index contributed by atoms with van der Waals surface area (Å²) in [6, 6.07) is 9.22. The van der Waals surface area contributed by atoms with E-state index in [0.717, 1.165) is 31.7 Å². The maximum Gasteiger partial charge on any atom is 0.119 e. The normalized spacial score (nSPS) is 12.3. The second kappa shape index (κ2) is 11.6. The second-order valence-electron chi connectivity index (χ2n) is 5.95. The summed E-state index contributed by atoms with van der Waals surface area (Å²) in [5.74, 6) is 1.01. The molecule has 0 radical (unpaired) electrons. The lowest BCUT2D eigenvalue weighted by Crippen LogP contribution is -2.27. The van der Waals surface area contributed by atoms with Crippen LogP contribution in [0.15, 0.2) is 24.3 Å². The van der Waals surface area contributed by atoms with Crippen LogP contribution in [0.2, 0.25) is 0 Å². The van der Waals surface area contributed by atoms with Gasteiger partial charge >= 0.3 is 0 Å². The van der Waals surface area contributed by atoms with E-state index in [0.29, 0.717) is 6.04 Å². The first-order valence-corrected chi connectivity index (χ1v) is 8.71. The summed E-state index contributed by atoms with van der Waals surface area (Å²) in [4.78, 5) is 0. The minimum Gasteiger partial charge on any atom is -0.494 e. The molecule has 0 aromatic heterocycles. The van der Waals surface area contributed by atoms with Gasteiger partial charge in [-0.15, -0.1) is 0 Å². The quantitative estimate of drug-likeness (QED) is 0.549. The third-order valence-corrected chi connectivity index (χ3v) is 3.80. The molecule has 0 aliphatic rings. The number of hydrogen-bond donors (Lipinski definition) is 1. The molecule has 120 valence electrons. The van der Waals surface area contributed by atoms with Crippen LogP contribution in [0, 0.1) is 0 Å². The molecule has 1 aromatic rings. The topological polar surface area (TPSA) is 21.3 Å². The van der Waals surface area contributed by atoms with Gasteiger partial charge in [0.25, 0.3) is 0 Å². The van der Waals surface area contributed by atoms with Gasteiger partial charge in [0, 0.05) is 6.04 Å². The van der Waals surface area contributed by atoms with Crippen molar-refractivity contribution in [2.45, 2.75) is 71.8 Å². The van der Waals surface area contributed by atoms with E-state index in [1.54, 1.807) is 0 Å². The van der Waals surface area contributed by atoms with E-state index in [2.05, 4.69) is 50.4 Å². The summed E-state index contributed by atoms with van der Waals surface area (Å²) >= 11 is 0. The maximum atomic E-state index is 5.77. The summed E-state index contributed by atoms with van der Waals surface area (Å²) in [5.41, 5.74) is 1.40.